The number of halogens is 2. The van der Waals surface area contributed by atoms with Crippen LogP contribution in [0.3, 0.4) is 0 Å². The SMILES string of the molecule is O=C1c2ccc(F)cc2C(=O)N1CCN1CCC(c2onc3cc(F)ccc23)CC1. The lowest BCUT2D eigenvalue weighted by molar-refractivity contribution is 0.0628. The predicted octanol–water partition coefficient (Wildman–Crippen LogP) is 3.58. The number of hydrogen-bond acceptors (Lipinski definition) is 5. The van der Waals surface area contributed by atoms with Gasteiger partial charge in [0.1, 0.15) is 22.9 Å². The average molecular weight is 411 g/mol. The smallest absolute Gasteiger partial charge is 0.261 e. The highest BCUT2D eigenvalue weighted by atomic mass is 19.1. The van der Waals surface area contributed by atoms with Gasteiger partial charge in [0.05, 0.1) is 11.1 Å². The predicted molar refractivity (Wildman–Crippen MR) is 104 cm³/mol. The molecule has 2 aliphatic rings. The van der Waals surface area contributed by atoms with Crippen molar-refractivity contribution >= 4 is 22.7 Å². The summed E-state index contributed by atoms with van der Waals surface area (Å²) >= 11 is 0. The van der Waals surface area contributed by atoms with Gasteiger partial charge in [0.15, 0.2) is 0 Å². The van der Waals surface area contributed by atoms with Crippen molar-refractivity contribution in [2.24, 2.45) is 0 Å². The van der Waals surface area contributed by atoms with Gasteiger partial charge in [-0.2, -0.15) is 0 Å². The second kappa shape index (κ2) is 7.28. The van der Waals surface area contributed by atoms with E-state index in [1.165, 1.54) is 29.2 Å². The molecular formula is C22H19F2N3O3. The van der Waals surface area contributed by atoms with E-state index in [-0.39, 0.29) is 35.3 Å². The molecule has 0 saturated carbocycles. The molecule has 30 heavy (non-hydrogen) atoms. The minimum atomic E-state index is -0.526. The van der Waals surface area contributed by atoms with Crippen LogP contribution in [0.15, 0.2) is 40.9 Å². The largest absolute Gasteiger partial charge is 0.360 e. The van der Waals surface area contributed by atoms with Crippen LogP contribution >= 0.6 is 0 Å². The summed E-state index contributed by atoms with van der Waals surface area (Å²) in [6, 6.07) is 8.16. The van der Waals surface area contributed by atoms with Crippen molar-refractivity contribution in [3.05, 3.63) is 64.9 Å². The van der Waals surface area contributed by atoms with Crippen LogP contribution in [0, 0.1) is 11.6 Å². The molecule has 154 valence electrons. The molecule has 0 N–H and O–H groups in total. The second-order valence-electron chi connectivity index (χ2n) is 7.78. The van der Waals surface area contributed by atoms with Crippen molar-refractivity contribution in [1.82, 2.24) is 15.0 Å². The highest BCUT2D eigenvalue weighted by Gasteiger charge is 2.36. The van der Waals surface area contributed by atoms with Crippen molar-refractivity contribution in [2.45, 2.75) is 18.8 Å². The number of amides is 2. The number of likely N-dealkylation sites (tertiary alicyclic amines) is 1. The molecule has 2 aromatic carbocycles. The molecule has 0 bridgehead atoms. The van der Waals surface area contributed by atoms with E-state index in [0.717, 1.165) is 43.1 Å². The molecule has 0 radical (unpaired) electrons. The molecule has 5 rings (SSSR count). The van der Waals surface area contributed by atoms with Crippen LogP contribution in [0.5, 0.6) is 0 Å². The number of rotatable bonds is 4. The number of aromatic nitrogens is 1. The molecule has 8 heteroatoms. The Labute approximate surface area is 171 Å². The summed E-state index contributed by atoms with van der Waals surface area (Å²) in [5, 5.41) is 4.81. The molecule has 3 aromatic rings. The quantitative estimate of drug-likeness (QED) is 0.614. The van der Waals surface area contributed by atoms with Crippen LogP contribution in [0.4, 0.5) is 8.78 Å². The van der Waals surface area contributed by atoms with E-state index in [0.29, 0.717) is 12.1 Å². The zero-order valence-corrected chi connectivity index (χ0v) is 16.1. The number of carbonyl (C=O) groups is 2. The number of benzene rings is 2. The Hall–Kier alpha value is -3.13. The van der Waals surface area contributed by atoms with Crippen molar-refractivity contribution < 1.29 is 22.9 Å². The number of piperidine rings is 1. The summed E-state index contributed by atoms with van der Waals surface area (Å²) in [6.45, 7) is 2.39. The number of carbonyl (C=O) groups excluding carboxylic acids is 2. The molecule has 1 aromatic heterocycles. The van der Waals surface area contributed by atoms with Gasteiger partial charge in [-0.3, -0.25) is 14.5 Å². The standard InChI is InChI=1S/C22H19F2N3O3/c23-14-1-3-16-18(11-14)22(29)27(21(16)28)10-9-26-7-5-13(6-8-26)20-17-4-2-15(24)12-19(17)25-30-20/h1-4,11-13H,5-10H2. The fraction of sp³-hybridized carbons (Fsp3) is 0.318. The molecule has 2 amide bonds. The third-order valence-electron chi connectivity index (χ3n) is 6.00. The number of imide groups is 1. The van der Waals surface area contributed by atoms with Crippen LogP contribution in [0.25, 0.3) is 10.9 Å². The molecule has 1 saturated heterocycles. The summed E-state index contributed by atoms with van der Waals surface area (Å²) in [4.78, 5) is 28.3. The summed E-state index contributed by atoms with van der Waals surface area (Å²) in [5.41, 5.74) is 0.913. The Morgan fingerprint density at radius 1 is 0.933 bits per heavy atom. The Bertz CT molecular complexity index is 1150. The first kappa shape index (κ1) is 18.9. The summed E-state index contributed by atoms with van der Waals surface area (Å²) < 4.78 is 32.3. The fourth-order valence-electron chi connectivity index (χ4n) is 4.36. The van der Waals surface area contributed by atoms with Gasteiger partial charge in [-0.05, 0) is 56.3 Å². The third kappa shape index (κ3) is 3.17. The maximum atomic E-state index is 13.4. The first-order valence-electron chi connectivity index (χ1n) is 9.94. The van der Waals surface area contributed by atoms with Crippen LogP contribution in [-0.2, 0) is 0 Å². The van der Waals surface area contributed by atoms with Crippen LogP contribution < -0.4 is 0 Å². The second-order valence-corrected chi connectivity index (χ2v) is 7.78. The van der Waals surface area contributed by atoms with Gasteiger partial charge in [0, 0.05) is 30.5 Å². The fourth-order valence-corrected chi connectivity index (χ4v) is 4.36. The average Bonchev–Trinajstić information content (AvgIpc) is 3.26. The van der Waals surface area contributed by atoms with Crippen LogP contribution in [0.2, 0.25) is 0 Å². The third-order valence-corrected chi connectivity index (χ3v) is 6.00. The van der Waals surface area contributed by atoms with E-state index in [4.69, 9.17) is 4.52 Å². The van der Waals surface area contributed by atoms with Crippen molar-refractivity contribution in [3.8, 4) is 0 Å². The maximum Gasteiger partial charge on any atom is 0.261 e. The maximum absolute atomic E-state index is 13.4. The summed E-state index contributed by atoms with van der Waals surface area (Å²) in [5.74, 6) is -0.699. The van der Waals surface area contributed by atoms with Crippen molar-refractivity contribution in [3.63, 3.8) is 0 Å². The van der Waals surface area contributed by atoms with Crippen LogP contribution in [0.1, 0.15) is 45.2 Å². The normalized spacial score (nSPS) is 17.9. The van der Waals surface area contributed by atoms with E-state index in [1.807, 2.05) is 0 Å². The van der Waals surface area contributed by atoms with Gasteiger partial charge < -0.3 is 9.42 Å². The lowest BCUT2D eigenvalue weighted by Gasteiger charge is -2.31. The minimum Gasteiger partial charge on any atom is -0.360 e. The lowest BCUT2D eigenvalue weighted by Crippen LogP contribution is -2.41. The van der Waals surface area contributed by atoms with Gasteiger partial charge in [0.25, 0.3) is 11.8 Å². The van der Waals surface area contributed by atoms with Gasteiger partial charge in [-0.15, -0.1) is 0 Å². The van der Waals surface area contributed by atoms with Crippen molar-refractivity contribution in [1.29, 1.82) is 0 Å². The zero-order chi connectivity index (χ0) is 20.8. The first-order valence-corrected chi connectivity index (χ1v) is 9.94. The highest BCUT2D eigenvalue weighted by molar-refractivity contribution is 6.21. The first-order chi connectivity index (χ1) is 14.5. The molecule has 0 spiro atoms. The lowest BCUT2D eigenvalue weighted by atomic mass is 9.92. The molecule has 3 heterocycles. The molecule has 2 aliphatic heterocycles. The Kier molecular flexibility index (Phi) is 4.58. The van der Waals surface area contributed by atoms with Gasteiger partial charge in [-0.25, -0.2) is 8.78 Å². The Morgan fingerprint density at radius 2 is 1.63 bits per heavy atom. The molecule has 1 fully saturated rings. The summed E-state index contributed by atoms with van der Waals surface area (Å²) in [6.07, 6.45) is 1.68. The molecule has 0 atom stereocenters. The highest BCUT2D eigenvalue weighted by Crippen LogP contribution is 2.33. The molecule has 6 nitrogen and oxygen atoms in total. The van der Waals surface area contributed by atoms with Gasteiger partial charge in [-0.1, -0.05) is 5.16 Å². The number of hydrogen-bond donors (Lipinski definition) is 0. The van der Waals surface area contributed by atoms with E-state index >= 15 is 0 Å². The van der Waals surface area contributed by atoms with E-state index < -0.39 is 11.7 Å². The van der Waals surface area contributed by atoms with E-state index in [9.17, 15) is 18.4 Å². The van der Waals surface area contributed by atoms with Gasteiger partial charge in [0.2, 0.25) is 0 Å². The Morgan fingerprint density at radius 3 is 2.43 bits per heavy atom. The summed E-state index contributed by atoms with van der Waals surface area (Å²) in [7, 11) is 0. The zero-order valence-electron chi connectivity index (χ0n) is 16.1. The minimum absolute atomic E-state index is 0.132. The monoisotopic (exact) mass is 411 g/mol. The Balaban J connectivity index is 1.20. The molecular weight excluding hydrogens is 392 g/mol. The molecule has 0 aliphatic carbocycles. The van der Waals surface area contributed by atoms with Gasteiger partial charge >= 0.3 is 0 Å². The number of nitrogens with zero attached hydrogens (tertiary/aromatic N) is 3. The van der Waals surface area contributed by atoms with E-state index in [2.05, 4.69) is 10.1 Å². The topological polar surface area (TPSA) is 66.7 Å². The number of fused-ring (bicyclic) bond motifs is 2. The van der Waals surface area contributed by atoms with Crippen molar-refractivity contribution in [2.75, 3.05) is 26.2 Å². The van der Waals surface area contributed by atoms with Crippen LogP contribution in [-0.4, -0.2) is 52.9 Å². The van der Waals surface area contributed by atoms with E-state index in [1.54, 1.807) is 6.07 Å². The molecule has 0 unspecified atom stereocenters.